The SMILES string of the molecule is COc1cc(C(=O)NCc2sccc2C)ccc1C. The Labute approximate surface area is 117 Å². The predicted molar refractivity (Wildman–Crippen MR) is 78.0 cm³/mol. The summed E-state index contributed by atoms with van der Waals surface area (Å²) in [4.78, 5) is 13.3. The average molecular weight is 275 g/mol. The van der Waals surface area contributed by atoms with Gasteiger partial charge in [0.25, 0.3) is 5.91 Å². The van der Waals surface area contributed by atoms with Crippen molar-refractivity contribution < 1.29 is 9.53 Å². The molecule has 4 heteroatoms. The number of hydrogen-bond donors (Lipinski definition) is 1. The maximum atomic E-state index is 12.1. The number of carbonyl (C=O) groups excluding carboxylic acids is 1. The quantitative estimate of drug-likeness (QED) is 0.929. The van der Waals surface area contributed by atoms with Crippen molar-refractivity contribution >= 4 is 17.2 Å². The summed E-state index contributed by atoms with van der Waals surface area (Å²) in [6.07, 6.45) is 0. The molecule has 1 aromatic heterocycles. The number of thiophene rings is 1. The van der Waals surface area contributed by atoms with E-state index >= 15 is 0 Å². The van der Waals surface area contributed by atoms with Gasteiger partial charge in [-0.3, -0.25) is 4.79 Å². The fraction of sp³-hybridized carbons (Fsp3) is 0.267. The molecule has 100 valence electrons. The number of carbonyl (C=O) groups is 1. The van der Waals surface area contributed by atoms with Crippen LogP contribution in [-0.2, 0) is 6.54 Å². The lowest BCUT2D eigenvalue weighted by atomic mass is 10.1. The maximum Gasteiger partial charge on any atom is 0.251 e. The number of ether oxygens (including phenoxy) is 1. The van der Waals surface area contributed by atoms with Gasteiger partial charge in [0.15, 0.2) is 0 Å². The highest BCUT2D eigenvalue weighted by atomic mass is 32.1. The fourth-order valence-corrected chi connectivity index (χ4v) is 2.65. The van der Waals surface area contributed by atoms with Crippen molar-refractivity contribution in [2.45, 2.75) is 20.4 Å². The van der Waals surface area contributed by atoms with Gasteiger partial charge < -0.3 is 10.1 Å². The Hall–Kier alpha value is -1.81. The van der Waals surface area contributed by atoms with E-state index in [2.05, 4.69) is 11.4 Å². The lowest BCUT2D eigenvalue weighted by Gasteiger charge is -2.08. The van der Waals surface area contributed by atoms with Crippen LogP contribution < -0.4 is 10.1 Å². The number of benzene rings is 1. The van der Waals surface area contributed by atoms with Crippen LogP contribution in [0.3, 0.4) is 0 Å². The number of amides is 1. The van der Waals surface area contributed by atoms with Crippen LogP contribution in [0.5, 0.6) is 5.75 Å². The zero-order valence-electron chi connectivity index (χ0n) is 11.3. The first kappa shape index (κ1) is 13.6. The van der Waals surface area contributed by atoms with Gasteiger partial charge in [0.05, 0.1) is 13.7 Å². The minimum absolute atomic E-state index is 0.0777. The number of methoxy groups -OCH3 is 1. The summed E-state index contributed by atoms with van der Waals surface area (Å²) in [6, 6.07) is 7.53. The first-order valence-corrected chi connectivity index (χ1v) is 6.95. The molecule has 19 heavy (non-hydrogen) atoms. The van der Waals surface area contributed by atoms with Crippen LogP contribution in [0.15, 0.2) is 29.6 Å². The molecule has 0 bridgehead atoms. The van der Waals surface area contributed by atoms with Crippen LogP contribution in [0.4, 0.5) is 0 Å². The monoisotopic (exact) mass is 275 g/mol. The van der Waals surface area contributed by atoms with Crippen LogP contribution in [0.1, 0.15) is 26.4 Å². The number of aryl methyl sites for hydroxylation is 2. The topological polar surface area (TPSA) is 38.3 Å². The minimum Gasteiger partial charge on any atom is -0.496 e. The summed E-state index contributed by atoms with van der Waals surface area (Å²) in [6.45, 7) is 4.57. The van der Waals surface area contributed by atoms with Crippen molar-refractivity contribution in [2.24, 2.45) is 0 Å². The molecule has 0 aliphatic rings. The normalized spacial score (nSPS) is 10.3. The maximum absolute atomic E-state index is 12.1. The van der Waals surface area contributed by atoms with Crippen LogP contribution in [0.2, 0.25) is 0 Å². The fourth-order valence-electron chi connectivity index (χ4n) is 1.81. The Balaban J connectivity index is 2.06. The Bertz CT molecular complexity index is 590. The van der Waals surface area contributed by atoms with Crippen molar-refractivity contribution in [1.29, 1.82) is 0 Å². The van der Waals surface area contributed by atoms with Gasteiger partial charge >= 0.3 is 0 Å². The number of nitrogens with one attached hydrogen (secondary N) is 1. The molecule has 0 unspecified atom stereocenters. The third-order valence-corrected chi connectivity index (χ3v) is 4.07. The van der Waals surface area contributed by atoms with E-state index in [-0.39, 0.29) is 5.91 Å². The zero-order chi connectivity index (χ0) is 13.8. The highest BCUT2D eigenvalue weighted by Gasteiger charge is 2.09. The first-order valence-electron chi connectivity index (χ1n) is 6.07. The minimum atomic E-state index is -0.0777. The molecular formula is C15H17NO2S. The average Bonchev–Trinajstić information content (AvgIpc) is 2.82. The summed E-state index contributed by atoms with van der Waals surface area (Å²) in [5.74, 6) is 0.658. The molecule has 0 saturated heterocycles. The van der Waals surface area contributed by atoms with Gasteiger partial charge in [0, 0.05) is 10.4 Å². The van der Waals surface area contributed by atoms with E-state index in [4.69, 9.17) is 4.74 Å². The van der Waals surface area contributed by atoms with E-state index in [1.165, 1.54) is 10.4 Å². The Morgan fingerprint density at radius 2 is 2.05 bits per heavy atom. The molecule has 1 heterocycles. The molecule has 0 fully saturated rings. The Kier molecular flexibility index (Phi) is 4.22. The molecule has 3 nitrogen and oxygen atoms in total. The summed E-state index contributed by atoms with van der Waals surface area (Å²) in [5, 5.41) is 4.96. The lowest BCUT2D eigenvalue weighted by Crippen LogP contribution is -2.22. The molecule has 1 N–H and O–H groups in total. The van der Waals surface area contributed by atoms with Crippen LogP contribution >= 0.6 is 11.3 Å². The van der Waals surface area contributed by atoms with Crippen molar-refractivity contribution in [3.05, 3.63) is 51.2 Å². The first-order chi connectivity index (χ1) is 9.11. The van der Waals surface area contributed by atoms with E-state index in [1.807, 2.05) is 31.4 Å². The van der Waals surface area contributed by atoms with E-state index in [0.717, 1.165) is 11.3 Å². The third-order valence-electron chi connectivity index (χ3n) is 3.05. The van der Waals surface area contributed by atoms with E-state index in [9.17, 15) is 4.79 Å². The number of hydrogen-bond acceptors (Lipinski definition) is 3. The van der Waals surface area contributed by atoms with Crippen molar-refractivity contribution in [3.63, 3.8) is 0 Å². The van der Waals surface area contributed by atoms with Gasteiger partial charge in [-0.25, -0.2) is 0 Å². The van der Waals surface area contributed by atoms with Gasteiger partial charge in [-0.15, -0.1) is 11.3 Å². The number of rotatable bonds is 4. The second-order valence-corrected chi connectivity index (χ2v) is 5.39. The molecule has 0 radical (unpaired) electrons. The van der Waals surface area contributed by atoms with Crippen LogP contribution in [0, 0.1) is 13.8 Å². The molecule has 0 spiro atoms. The summed E-state index contributed by atoms with van der Waals surface area (Å²) < 4.78 is 5.23. The summed E-state index contributed by atoms with van der Waals surface area (Å²) >= 11 is 1.66. The smallest absolute Gasteiger partial charge is 0.251 e. The second-order valence-electron chi connectivity index (χ2n) is 4.39. The Morgan fingerprint density at radius 1 is 1.26 bits per heavy atom. The summed E-state index contributed by atoms with van der Waals surface area (Å²) in [7, 11) is 1.61. The van der Waals surface area contributed by atoms with E-state index in [1.54, 1.807) is 24.5 Å². The van der Waals surface area contributed by atoms with Crippen molar-refractivity contribution in [2.75, 3.05) is 7.11 Å². The van der Waals surface area contributed by atoms with Crippen LogP contribution in [0.25, 0.3) is 0 Å². The molecule has 0 aliphatic heterocycles. The van der Waals surface area contributed by atoms with Crippen molar-refractivity contribution in [3.8, 4) is 5.75 Å². The van der Waals surface area contributed by atoms with Gasteiger partial charge in [-0.05, 0) is 48.6 Å². The van der Waals surface area contributed by atoms with E-state index in [0.29, 0.717) is 12.1 Å². The highest BCUT2D eigenvalue weighted by molar-refractivity contribution is 7.10. The van der Waals surface area contributed by atoms with Crippen molar-refractivity contribution in [1.82, 2.24) is 5.32 Å². The van der Waals surface area contributed by atoms with Gasteiger partial charge in [-0.2, -0.15) is 0 Å². The zero-order valence-corrected chi connectivity index (χ0v) is 12.1. The van der Waals surface area contributed by atoms with E-state index < -0.39 is 0 Å². The predicted octanol–water partition coefficient (Wildman–Crippen LogP) is 3.30. The standard InChI is InChI=1S/C15H17NO2S/c1-10-4-5-12(8-13(10)18-3)15(17)16-9-14-11(2)6-7-19-14/h4-8H,9H2,1-3H3,(H,16,17). The molecular weight excluding hydrogens is 258 g/mol. The largest absolute Gasteiger partial charge is 0.496 e. The lowest BCUT2D eigenvalue weighted by molar-refractivity contribution is 0.0951. The molecule has 0 atom stereocenters. The van der Waals surface area contributed by atoms with Gasteiger partial charge in [0.1, 0.15) is 5.75 Å². The summed E-state index contributed by atoms with van der Waals surface area (Å²) in [5.41, 5.74) is 2.86. The molecule has 0 aliphatic carbocycles. The molecule has 0 saturated carbocycles. The van der Waals surface area contributed by atoms with Gasteiger partial charge in [0.2, 0.25) is 0 Å². The molecule has 2 rings (SSSR count). The van der Waals surface area contributed by atoms with Gasteiger partial charge in [-0.1, -0.05) is 6.07 Å². The third kappa shape index (κ3) is 3.15. The second kappa shape index (κ2) is 5.89. The van der Waals surface area contributed by atoms with Crippen LogP contribution in [-0.4, -0.2) is 13.0 Å². The highest BCUT2D eigenvalue weighted by Crippen LogP contribution is 2.19. The molecule has 1 aromatic carbocycles. The molecule has 1 amide bonds. The molecule has 2 aromatic rings. The Morgan fingerprint density at radius 3 is 2.68 bits per heavy atom.